The molecule has 0 saturated carbocycles. The summed E-state index contributed by atoms with van der Waals surface area (Å²) in [7, 11) is 2.19. The fraction of sp³-hybridized carbons (Fsp3) is 0.375. The van der Waals surface area contributed by atoms with Crippen molar-refractivity contribution in [1.29, 1.82) is 0 Å². The first-order valence-corrected chi connectivity index (χ1v) is 6.39. The van der Waals surface area contributed by atoms with Gasteiger partial charge < -0.3 is 0 Å². The van der Waals surface area contributed by atoms with Crippen LogP contribution in [-0.2, 0) is 0 Å². The van der Waals surface area contributed by atoms with Crippen molar-refractivity contribution in [2.45, 2.75) is 25.3 Å². The molecule has 0 aromatic heterocycles. The summed E-state index contributed by atoms with van der Waals surface area (Å²) in [5, 5.41) is 0. The van der Waals surface area contributed by atoms with Crippen molar-refractivity contribution in [3.63, 3.8) is 0 Å². The molecular weight excluding hydrogens is 206 g/mol. The van der Waals surface area contributed by atoms with Crippen LogP contribution >= 0.6 is 0 Å². The Morgan fingerprint density at radius 3 is 2.82 bits per heavy atom. The fourth-order valence-corrected chi connectivity index (χ4v) is 2.59. The van der Waals surface area contributed by atoms with Crippen molar-refractivity contribution in [2.75, 3.05) is 13.6 Å². The molecule has 0 fully saturated rings. The van der Waals surface area contributed by atoms with Crippen LogP contribution < -0.4 is 0 Å². The first-order valence-electron chi connectivity index (χ1n) is 6.39. The van der Waals surface area contributed by atoms with Gasteiger partial charge in [-0.25, -0.2) is 0 Å². The molecule has 1 atom stereocenters. The molecule has 0 heterocycles. The van der Waals surface area contributed by atoms with Crippen molar-refractivity contribution in [2.24, 2.45) is 0 Å². The van der Waals surface area contributed by atoms with Crippen LogP contribution in [-0.4, -0.2) is 24.5 Å². The van der Waals surface area contributed by atoms with Crippen LogP contribution in [0.1, 0.15) is 24.8 Å². The Morgan fingerprint density at radius 2 is 2.12 bits per heavy atom. The molecule has 0 saturated heterocycles. The van der Waals surface area contributed by atoms with Crippen molar-refractivity contribution in [3.05, 3.63) is 54.6 Å². The first kappa shape index (κ1) is 12.1. The molecule has 1 aromatic carbocycles. The van der Waals surface area contributed by atoms with Gasteiger partial charge in [-0.05, 0) is 37.4 Å². The van der Waals surface area contributed by atoms with Crippen LogP contribution in [0.5, 0.6) is 0 Å². The van der Waals surface area contributed by atoms with E-state index in [2.05, 4.69) is 54.9 Å². The minimum atomic E-state index is 0.546. The average Bonchev–Trinajstić information content (AvgIpc) is 2.40. The highest BCUT2D eigenvalue weighted by Gasteiger charge is 2.21. The van der Waals surface area contributed by atoms with E-state index in [-0.39, 0.29) is 0 Å². The van der Waals surface area contributed by atoms with E-state index in [1.165, 1.54) is 30.4 Å². The van der Waals surface area contributed by atoms with Crippen LogP contribution in [0.15, 0.2) is 49.1 Å². The summed E-state index contributed by atoms with van der Waals surface area (Å²) in [5.41, 5.74) is 2.86. The number of benzene rings is 1. The van der Waals surface area contributed by atoms with Gasteiger partial charge in [0.2, 0.25) is 0 Å². The van der Waals surface area contributed by atoms with Gasteiger partial charge in [0.1, 0.15) is 0 Å². The Hall–Kier alpha value is -1.34. The number of nitrogens with zero attached hydrogens (tertiary/aromatic N) is 1. The summed E-state index contributed by atoms with van der Waals surface area (Å²) < 4.78 is 0. The maximum Gasteiger partial charge on any atom is 0.0351 e. The lowest BCUT2D eigenvalue weighted by molar-refractivity contribution is 0.297. The van der Waals surface area contributed by atoms with E-state index >= 15 is 0 Å². The molecule has 1 nitrogen and oxygen atoms in total. The van der Waals surface area contributed by atoms with Gasteiger partial charge in [0, 0.05) is 12.6 Å². The quantitative estimate of drug-likeness (QED) is 0.708. The second kappa shape index (κ2) is 5.83. The summed E-state index contributed by atoms with van der Waals surface area (Å²) in [6, 6.07) is 11.3. The molecule has 90 valence electrons. The van der Waals surface area contributed by atoms with E-state index in [9.17, 15) is 0 Å². The predicted octanol–water partition coefficient (Wildman–Crippen LogP) is 3.74. The maximum absolute atomic E-state index is 3.83. The zero-order valence-electron chi connectivity index (χ0n) is 10.6. The third kappa shape index (κ3) is 2.86. The number of hydrogen-bond donors (Lipinski definition) is 0. The SMILES string of the molecule is C=CCN(C)C1CCCC=C1c1ccccc1. The number of likely N-dealkylation sites (N-methyl/N-ethyl adjacent to an activating group) is 1. The smallest absolute Gasteiger partial charge is 0.0351 e. The van der Waals surface area contributed by atoms with Crippen molar-refractivity contribution >= 4 is 5.57 Å². The summed E-state index contributed by atoms with van der Waals surface area (Å²) in [6.07, 6.45) is 8.15. The van der Waals surface area contributed by atoms with E-state index < -0.39 is 0 Å². The Kier molecular flexibility index (Phi) is 4.16. The van der Waals surface area contributed by atoms with Gasteiger partial charge in [0.15, 0.2) is 0 Å². The van der Waals surface area contributed by atoms with E-state index in [4.69, 9.17) is 0 Å². The van der Waals surface area contributed by atoms with Gasteiger partial charge in [-0.1, -0.05) is 42.5 Å². The molecule has 0 amide bonds. The Morgan fingerprint density at radius 1 is 1.35 bits per heavy atom. The third-order valence-corrected chi connectivity index (χ3v) is 3.46. The van der Waals surface area contributed by atoms with Crippen LogP contribution in [0.25, 0.3) is 5.57 Å². The van der Waals surface area contributed by atoms with Gasteiger partial charge >= 0.3 is 0 Å². The summed E-state index contributed by atoms with van der Waals surface area (Å²) >= 11 is 0. The van der Waals surface area contributed by atoms with Crippen LogP contribution in [0.2, 0.25) is 0 Å². The zero-order chi connectivity index (χ0) is 12.1. The zero-order valence-corrected chi connectivity index (χ0v) is 10.6. The molecule has 0 radical (unpaired) electrons. The Bertz CT molecular complexity index is 391. The summed E-state index contributed by atoms with van der Waals surface area (Å²) in [6.45, 7) is 4.79. The van der Waals surface area contributed by atoms with Gasteiger partial charge in [-0.15, -0.1) is 6.58 Å². The van der Waals surface area contributed by atoms with E-state index in [0.717, 1.165) is 6.54 Å². The molecule has 1 aromatic rings. The lowest BCUT2D eigenvalue weighted by atomic mass is 9.88. The van der Waals surface area contributed by atoms with Crippen LogP contribution in [0.3, 0.4) is 0 Å². The molecule has 0 N–H and O–H groups in total. The topological polar surface area (TPSA) is 3.24 Å². The van der Waals surface area contributed by atoms with E-state index in [0.29, 0.717) is 6.04 Å². The second-order valence-electron chi connectivity index (χ2n) is 4.70. The Balaban J connectivity index is 2.23. The minimum absolute atomic E-state index is 0.546. The monoisotopic (exact) mass is 227 g/mol. The Labute approximate surface area is 104 Å². The second-order valence-corrected chi connectivity index (χ2v) is 4.70. The normalized spacial score (nSPS) is 20.1. The minimum Gasteiger partial charge on any atom is -0.296 e. The highest BCUT2D eigenvalue weighted by atomic mass is 15.1. The number of rotatable bonds is 4. The van der Waals surface area contributed by atoms with Gasteiger partial charge in [-0.3, -0.25) is 4.90 Å². The van der Waals surface area contributed by atoms with E-state index in [1.54, 1.807) is 0 Å². The molecule has 1 unspecified atom stereocenters. The highest BCUT2D eigenvalue weighted by Crippen LogP contribution is 2.30. The van der Waals surface area contributed by atoms with Crippen molar-refractivity contribution in [1.82, 2.24) is 4.90 Å². The fourth-order valence-electron chi connectivity index (χ4n) is 2.59. The van der Waals surface area contributed by atoms with Crippen molar-refractivity contribution < 1.29 is 0 Å². The molecule has 0 spiro atoms. The molecule has 0 bridgehead atoms. The molecule has 1 aliphatic rings. The summed E-state index contributed by atoms with van der Waals surface area (Å²) in [5.74, 6) is 0. The maximum atomic E-state index is 3.83. The van der Waals surface area contributed by atoms with Crippen molar-refractivity contribution in [3.8, 4) is 0 Å². The summed E-state index contributed by atoms with van der Waals surface area (Å²) in [4.78, 5) is 2.39. The standard InChI is InChI=1S/C16H21N/c1-3-13-17(2)16-12-8-7-11-15(16)14-9-5-4-6-10-14/h3-6,9-11,16H,1,7-8,12-13H2,2H3. The molecule has 2 rings (SSSR count). The van der Waals surface area contributed by atoms with Gasteiger partial charge in [0.05, 0.1) is 0 Å². The van der Waals surface area contributed by atoms with E-state index in [1.807, 2.05) is 6.08 Å². The van der Waals surface area contributed by atoms with Gasteiger partial charge in [-0.2, -0.15) is 0 Å². The lowest BCUT2D eigenvalue weighted by Gasteiger charge is -2.32. The highest BCUT2D eigenvalue weighted by molar-refractivity contribution is 5.70. The molecule has 0 aliphatic heterocycles. The molecule has 1 heteroatoms. The number of hydrogen-bond acceptors (Lipinski definition) is 1. The third-order valence-electron chi connectivity index (χ3n) is 3.46. The lowest BCUT2D eigenvalue weighted by Crippen LogP contribution is -2.34. The number of allylic oxidation sites excluding steroid dienone is 1. The molecule has 17 heavy (non-hydrogen) atoms. The van der Waals surface area contributed by atoms with Gasteiger partial charge in [0.25, 0.3) is 0 Å². The average molecular weight is 227 g/mol. The van der Waals surface area contributed by atoms with Crippen LogP contribution in [0, 0.1) is 0 Å². The largest absolute Gasteiger partial charge is 0.296 e. The van der Waals surface area contributed by atoms with Crippen LogP contribution in [0.4, 0.5) is 0 Å². The first-order chi connectivity index (χ1) is 8.33. The predicted molar refractivity (Wildman–Crippen MR) is 74.9 cm³/mol. The molecular formula is C16H21N. The molecule has 1 aliphatic carbocycles.